The van der Waals surface area contributed by atoms with Crippen molar-refractivity contribution in [3.63, 3.8) is 0 Å². The Morgan fingerprint density at radius 1 is 1.71 bits per heavy atom. The molecule has 0 bridgehead atoms. The molecule has 0 aromatic carbocycles. The molecule has 0 atom stereocenters. The van der Waals surface area contributed by atoms with Crippen LogP contribution in [-0.2, 0) is 0 Å². The summed E-state index contributed by atoms with van der Waals surface area (Å²) in [5, 5.41) is 8.39. The van der Waals surface area contributed by atoms with E-state index in [1.54, 1.807) is 0 Å². The van der Waals surface area contributed by atoms with Gasteiger partial charge >= 0.3 is 7.62 Å². The van der Waals surface area contributed by atoms with Crippen LogP contribution in [0, 0.1) is 0 Å². The van der Waals surface area contributed by atoms with Crippen LogP contribution in [-0.4, -0.2) is 31.0 Å². The van der Waals surface area contributed by atoms with E-state index in [1.165, 1.54) is 0 Å². The highest BCUT2D eigenvalue weighted by Gasteiger charge is 1.91. The molecular weight excluding hydrogens is 88.9 g/mol. The summed E-state index contributed by atoms with van der Waals surface area (Å²) in [5.41, 5.74) is 0. The minimum atomic E-state index is 0.174. The van der Waals surface area contributed by atoms with E-state index in [0.29, 0.717) is 0 Å². The molecule has 0 rings (SSSR count). The Labute approximate surface area is 45.4 Å². The van der Waals surface area contributed by atoms with Crippen LogP contribution >= 0.6 is 0 Å². The molecule has 7 heavy (non-hydrogen) atoms. The van der Waals surface area contributed by atoms with Crippen molar-refractivity contribution in [2.45, 2.75) is 13.3 Å². The molecule has 0 spiro atoms. The fourth-order valence-corrected chi connectivity index (χ4v) is 0.452. The first kappa shape index (κ1) is 6.98. The predicted molar refractivity (Wildman–Crippen MR) is 32.3 cm³/mol. The Morgan fingerprint density at radius 3 is 2.43 bits per heavy atom. The molecule has 0 unspecified atom stereocenters. The summed E-state index contributed by atoms with van der Waals surface area (Å²) < 4.78 is 0. The maximum absolute atomic E-state index is 8.39. The zero-order chi connectivity index (χ0) is 5.70. The summed E-state index contributed by atoms with van der Waals surface area (Å²) >= 11 is 0. The van der Waals surface area contributed by atoms with E-state index < -0.39 is 0 Å². The smallest absolute Gasteiger partial charge is 0.360 e. The molecule has 1 N–H and O–H groups in total. The maximum atomic E-state index is 8.39. The highest BCUT2D eigenvalue weighted by molar-refractivity contribution is 6.21. The van der Waals surface area contributed by atoms with Crippen molar-refractivity contribution in [1.29, 1.82) is 0 Å². The van der Waals surface area contributed by atoms with Gasteiger partial charge in [-0.05, 0) is 20.0 Å². The minimum absolute atomic E-state index is 0.174. The molecule has 0 aliphatic rings. The van der Waals surface area contributed by atoms with Crippen molar-refractivity contribution in [3.05, 3.63) is 0 Å². The van der Waals surface area contributed by atoms with Crippen molar-refractivity contribution in [3.8, 4) is 0 Å². The first-order valence-electron chi connectivity index (χ1n) is 2.60. The van der Waals surface area contributed by atoms with Gasteiger partial charge in [-0.2, -0.15) is 0 Å². The minimum Gasteiger partial charge on any atom is -0.440 e. The molecule has 0 fully saturated rings. The van der Waals surface area contributed by atoms with Gasteiger partial charge in [0.2, 0.25) is 0 Å². The van der Waals surface area contributed by atoms with Gasteiger partial charge in [-0.15, -0.1) is 0 Å². The zero-order valence-electron chi connectivity index (χ0n) is 5.02. The zero-order valence-corrected chi connectivity index (χ0v) is 5.02. The number of hydrogen-bond acceptors (Lipinski definition) is 2. The van der Waals surface area contributed by atoms with Gasteiger partial charge < -0.3 is 9.83 Å². The lowest BCUT2D eigenvalue weighted by Gasteiger charge is -2.07. The van der Waals surface area contributed by atoms with E-state index in [2.05, 4.69) is 6.92 Å². The van der Waals surface area contributed by atoms with Crippen LogP contribution in [0.4, 0.5) is 0 Å². The SMILES string of the molecule is CCCN(C)BO. The molecule has 0 amide bonds. The first-order chi connectivity index (χ1) is 3.31. The van der Waals surface area contributed by atoms with E-state index in [4.69, 9.17) is 5.02 Å². The fraction of sp³-hybridized carbons (Fsp3) is 1.00. The highest BCUT2D eigenvalue weighted by atomic mass is 16.2. The maximum Gasteiger partial charge on any atom is 0.360 e. The molecule has 0 aromatic heterocycles. The Kier molecular flexibility index (Phi) is 4.14. The molecule has 0 heterocycles. The molecule has 0 saturated heterocycles. The van der Waals surface area contributed by atoms with Gasteiger partial charge in [0.05, 0.1) is 0 Å². The average Bonchev–Trinajstić information content (AvgIpc) is 1.68. The normalized spacial score (nSPS) is 9.71. The molecule has 3 heteroatoms. The van der Waals surface area contributed by atoms with Crippen molar-refractivity contribution in [2.75, 3.05) is 13.6 Å². The van der Waals surface area contributed by atoms with Gasteiger partial charge in [-0.1, -0.05) is 6.92 Å². The lowest BCUT2D eigenvalue weighted by atomic mass is 10.2. The van der Waals surface area contributed by atoms with E-state index in [0.717, 1.165) is 13.0 Å². The fourth-order valence-electron chi connectivity index (χ4n) is 0.452. The van der Waals surface area contributed by atoms with E-state index in [9.17, 15) is 0 Å². The molecule has 2 nitrogen and oxygen atoms in total. The second kappa shape index (κ2) is 4.15. The van der Waals surface area contributed by atoms with Gasteiger partial charge in [0.25, 0.3) is 0 Å². The number of hydrogen-bond donors (Lipinski definition) is 1. The van der Waals surface area contributed by atoms with Crippen molar-refractivity contribution >= 4 is 7.62 Å². The standard InChI is InChI=1S/C4H12BNO/c1-3-4-6(2)5-7/h5,7H,3-4H2,1-2H3. The third-order valence-corrected chi connectivity index (χ3v) is 0.847. The summed E-state index contributed by atoms with van der Waals surface area (Å²) in [6.07, 6.45) is 1.11. The van der Waals surface area contributed by atoms with Crippen molar-refractivity contribution in [1.82, 2.24) is 4.81 Å². The summed E-state index contributed by atoms with van der Waals surface area (Å²) in [5.74, 6) is 0. The number of rotatable bonds is 3. The molecule has 0 aromatic rings. The second-order valence-corrected chi connectivity index (χ2v) is 1.72. The van der Waals surface area contributed by atoms with Crippen LogP contribution in [0.5, 0.6) is 0 Å². The summed E-state index contributed by atoms with van der Waals surface area (Å²) in [6, 6.07) is 0. The second-order valence-electron chi connectivity index (χ2n) is 1.72. The Hall–Kier alpha value is -0.0151. The molecule has 0 radical (unpaired) electrons. The molecule has 0 aliphatic heterocycles. The monoisotopic (exact) mass is 101 g/mol. The van der Waals surface area contributed by atoms with Gasteiger partial charge in [0.1, 0.15) is 0 Å². The third kappa shape index (κ3) is 3.82. The van der Waals surface area contributed by atoms with Crippen LogP contribution in [0.2, 0.25) is 0 Å². The molecule has 0 saturated carbocycles. The van der Waals surface area contributed by atoms with E-state index >= 15 is 0 Å². The third-order valence-electron chi connectivity index (χ3n) is 0.847. The van der Waals surface area contributed by atoms with Crippen LogP contribution in [0.3, 0.4) is 0 Å². The van der Waals surface area contributed by atoms with Crippen LogP contribution < -0.4 is 0 Å². The lowest BCUT2D eigenvalue weighted by Crippen LogP contribution is -2.23. The largest absolute Gasteiger partial charge is 0.440 e. The molecule has 42 valence electrons. The van der Waals surface area contributed by atoms with Gasteiger partial charge in [-0.25, -0.2) is 0 Å². The van der Waals surface area contributed by atoms with Crippen LogP contribution in [0.25, 0.3) is 0 Å². The summed E-state index contributed by atoms with van der Waals surface area (Å²) in [6.45, 7) is 3.07. The van der Waals surface area contributed by atoms with Gasteiger partial charge in [0.15, 0.2) is 0 Å². The molecule has 0 aliphatic carbocycles. The topological polar surface area (TPSA) is 23.5 Å². The van der Waals surface area contributed by atoms with Crippen molar-refractivity contribution in [2.24, 2.45) is 0 Å². The van der Waals surface area contributed by atoms with Crippen LogP contribution in [0.15, 0.2) is 0 Å². The average molecular weight is 101 g/mol. The highest BCUT2D eigenvalue weighted by Crippen LogP contribution is 1.78. The Morgan fingerprint density at radius 2 is 2.29 bits per heavy atom. The Bertz CT molecular complexity index is 42.7. The van der Waals surface area contributed by atoms with Gasteiger partial charge in [-0.3, -0.25) is 0 Å². The molecular formula is C4H12BNO. The van der Waals surface area contributed by atoms with E-state index in [1.807, 2.05) is 11.9 Å². The van der Waals surface area contributed by atoms with Gasteiger partial charge in [0, 0.05) is 0 Å². The quantitative estimate of drug-likeness (QED) is 0.488. The van der Waals surface area contributed by atoms with E-state index in [-0.39, 0.29) is 7.62 Å². The summed E-state index contributed by atoms with van der Waals surface area (Å²) in [7, 11) is 2.07. The Balaban J connectivity index is 2.83. The van der Waals surface area contributed by atoms with Crippen molar-refractivity contribution < 1.29 is 5.02 Å². The first-order valence-corrected chi connectivity index (χ1v) is 2.60. The lowest BCUT2D eigenvalue weighted by molar-refractivity contribution is 0.441. The van der Waals surface area contributed by atoms with Crippen LogP contribution in [0.1, 0.15) is 13.3 Å². The number of nitrogens with zero attached hydrogens (tertiary/aromatic N) is 1. The summed E-state index contributed by atoms with van der Waals surface area (Å²) in [4.78, 5) is 1.86. The predicted octanol–water partition coefficient (Wildman–Crippen LogP) is -0.413.